The molecule has 4 nitrogen and oxygen atoms in total. The summed E-state index contributed by atoms with van der Waals surface area (Å²) in [5.41, 5.74) is 6.06. The van der Waals surface area contributed by atoms with Crippen molar-refractivity contribution >= 4 is 5.97 Å². The van der Waals surface area contributed by atoms with E-state index >= 15 is 0 Å². The van der Waals surface area contributed by atoms with Crippen molar-refractivity contribution in [3.05, 3.63) is 0 Å². The van der Waals surface area contributed by atoms with Crippen LogP contribution in [0.2, 0.25) is 0 Å². The molecule has 1 fully saturated rings. The molecule has 15 heavy (non-hydrogen) atoms. The summed E-state index contributed by atoms with van der Waals surface area (Å²) in [5, 5.41) is 9.05. The minimum Gasteiger partial charge on any atom is -0.481 e. The maximum Gasteiger partial charge on any atom is 0.308 e. The third kappa shape index (κ3) is 3.18. The molecule has 4 heteroatoms. The van der Waals surface area contributed by atoms with Gasteiger partial charge in [0, 0.05) is 12.6 Å². The normalized spacial score (nSPS) is 27.3. The first-order valence-corrected chi connectivity index (χ1v) is 5.73. The molecule has 3 unspecified atom stereocenters. The van der Waals surface area contributed by atoms with Gasteiger partial charge in [0.15, 0.2) is 0 Å². The topological polar surface area (TPSA) is 66.6 Å². The van der Waals surface area contributed by atoms with Gasteiger partial charge in [-0.2, -0.15) is 0 Å². The number of aliphatic carboxylic acids is 1. The van der Waals surface area contributed by atoms with Gasteiger partial charge in [0.2, 0.25) is 0 Å². The second kappa shape index (κ2) is 5.47. The van der Waals surface area contributed by atoms with Gasteiger partial charge < -0.3 is 15.7 Å². The van der Waals surface area contributed by atoms with Crippen LogP contribution in [-0.4, -0.2) is 42.2 Å². The fourth-order valence-electron chi connectivity index (χ4n) is 2.46. The zero-order valence-electron chi connectivity index (χ0n) is 9.65. The van der Waals surface area contributed by atoms with E-state index in [2.05, 4.69) is 11.9 Å². The zero-order chi connectivity index (χ0) is 11.4. The Morgan fingerprint density at radius 2 is 2.33 bits per heavy atom. The predicted octanol–water partition coefficient (Wildman–Crippen LogP) is 0.766. The molecule has 88 valence electrons. The van der Waals surface area contributed by atoms with Gasteiger partial charge in [0.25, 0.3) is 0 Å². The predicted molar refractivity (Wildman–Crippen MR) is 59.6 cm³/mol. The van der Waals surface area contributed by atoms with Crippen LogP contribution in [0.1, 0.15) is 26.2 Å². The molecule has 0 bridgehead atoms. The molecule has 1 aliphatic heterocycles. The molecule has 0 aromatic carbocycles. The Morgan fingerprint density at radius 1 is 1.67 bits per heavy atom. The summed E-state index contributed by atoms with van der Waals surface area (Å²) in [7, 11) is 2.07. The van der Waals surface area contributed by atoms with E-state index in [-0.39, 0.29) is 12.0 Å². The molecule has 3 atom stereocenters. The monoisotopic (exact) mass is 214 g/mol. The van der Waals surface area contributed by atoms with Crippen LogP contribution in [0.25, 0.3) is 0 Å². The summed E-state index contributed by atoms with van der Waals surface area (Å²) in [6.45, 7) is 3.93. The van der Waals surface area contributed by atoms with Gasteiger partial charge in [-0.25, -0.2) is 0 Å². The van der Waals surface area contributed by atoms with Crippen molar-refractivity contribution in [1.29, 1.82) is 0 Å². The van der Waals surface area contributed by atoms with Gasteiger partial charge in [-0.1, -0.05) is 6.92 Å². The minimum absolute atomic E-state index is 0.199. The summed E-state index contributed by atoms with van der Waals surface area (Å²) in [4.78, 5) is 13.2. The minimum atomic E-state index is -0.752. The highest BCUT2D eigenvalue weighted by Crippen LogP contribution is 2.23. The first-order chi connectivity index (χ1) is 7.06. The van der Waals surface area contributed by atoms with Gasteiger partial charge in [-0.15, -0.1) is 0 Å². The molecule has 3 N–H and O–H groups in total. The maximum absolute atomic E-state index is 11.0. The fourth-order valence-corrected chi connectivity index (χ4v) is 2.46. The highest BCUT2D eigenvalue weighted by molar-refractivity contribution is 5.70. The van der Waals surface area contributed by atoms with Crippen LogP contribution < -0.4 is 5.73 Å². The fraction of sp³-hybridized carbons (Fsp3) is 0.909. The summed E-state index contributed by atoms with van der Waals surface area (Å²) in [6, 6.07) is -0.199. The molecule has 0 aromatic rings. The van der Waals surface area contributed by atoms with Crippen LogP contribution in [0.3, 0.4) is 0 Å². The zero-order valence-corrected chi connectivity index (χ0v) is 9.65. The van der Waals surface area contributed by atoms with Crippen molar-refractivity contribution in [3.63, 3.8) is 0 Å². The molecule has 1 saturated heterocycles. The quantitative estimate of drug-likeness (QED) is 0.725. The number of likely N-dealkylation sites (tertiary alicyclic amines) is 1. The van der Waals surface area contributed by atoms with Crippen LogP contribution in [0.4, 0.5) is 0 Å². The standard InChI is InChI=1S/C11H22N2O2/c1-3-9(11(14)15)10(12)8-5-4-6-13(2)7-8/h8-10H,3-7,12H2,1-2H3,(H,14,15). The molecule has 1 heterocycles. The van der Waals surface area contributed by atoms with Crippen molar-refractivity contribution in [2.75, 3.05) is 20.1 Å². The van der Waals surface area contributed by atoms with E-state index in [4.69, 9.17) is 10.8 Å². The van der Waals surface area contributed by atoms with E-state index in [0.717, 1.165) is 25.9 Å². The van der Waals surface area contributed by atoms with Gasteiger partial charge in [-0.05, 0) is 38.8 Å². The summed E-state index contributed by atoms with van der Waals surface area (Å²) < 4.78 is 0. The Kier molecular flexibility index (Phi) is 4.54. The Morgan fingerprint density at radius 3 is 2.80 bits per heavy atom. The first kappa shape index (κ1) is 12.5. The third-order valence-corrected chi connectivity index (χ3v) is 3.43. The van der Waals surface area contributed by atoms with Crippen molar-refractivity contribution in [2.45, 2.75) is 32.2 Å². The van der Waals surface area contributed by atoms with Gasteiger partial charge in [-0.3, -0.25) is 4.79 Å². The second-order valence-electron chi connectivity index (χ2n) is 4.59. The van der Waals surface area contributed by atoms with Crippen molar-refractivity contribution in [1.82, 2.24) is 4.90 Å². The Hall–Kier alpha value is -0.610. The summed E-state index contributed by atoms with van der Waals surface area (Å²) >= 11 is 0. The lowest BCUT2D eigenvalue weighted by Crippen LogP contribution is -2.47. The van der Waals surface area contributed by atoms with Gasteiger partial charge >= 0.3 is 5.97 Å². The highest BCUT2D eigenvalue weighted by Gasteiger charge is 2.31. The number of rotatable bonds is 4. The number of nitrogens with two attached hydrogens (primary N) is 1. The average molecular weight is 214 g/mol. The molecule has 0 aliphatic carbocycles. The van der Waals surface area contributed by atoms with Crippen molar-refractivity contribution in [3.8, 4) is 0 Å². The number of carbonyl (C=O) groups is 1. The second-order valence-corrected chi connectivity index (χ2v) is 4.59. The lowest BCUT2D eigenvalue weighted by Gasteiger charge is -2.35. The van der Waals surface area contributed by atoms with E-state index in [0.29, 0.717) is 12.3 Å². The Bertz CT molecular complexity index is 221. The third-order valence-electron chi connectivity index (χ3n) is 3.43. The molecule has 0 aromatic heterocycles. The molecular weight excluding hydrogens is 192 g/mol. The van der Waals surface area contributed by atoms with Gasteiger partial charge in [0.1, 0.15) is 0 Å². The van der Waals surface area contributed by atoms with E-state index in [1.165, 1.54) is 0 Å². The Labute approximate surface area is 91.4 Å². The van der Waals surface area contributed by atoms with Crippen LogP contribution in [-0.2, 0) is 4.79 Å². The van der Waals surface area contributed by atoms with Crippen LogP contribution in [0.15, 0.2) is 0 Å². The van der Waals surface area contributed by atoms with Crippen LogP contribution in [0, 0.1) is 11.8 Å². The largest absolute Gasteiger partial charge is 0.481 e. The Balaban J connectivity index is 2.57. The molecule has 0 radical (unpaired) electrons. The highest BCUT2D eigenvalue weighted by atomic mass is 16.4. The number of piperidine rings is 1. The number of nitrogens with zero attached hydrogens (tertiary/aromatic N) is 1. The first-order valence-electron chi connectivity index (χ1n) is 5.73. The molecule has 1 aliphatic rings. The van der Waals surface area contributed by atoms with Crippen LogP contribution >= 0.6 is 0 Å². The van der Waals surface area contributed by atoms with E-state index in [1.807, 2.05) is 6.92 Å². The summed E-state index contributed by atoms with van der Waals surface area (Å²) in [5.74, 6) is -0.801. The molecule has 0 saturated carbocycles. The molecule has 0 spiro atoms. The average Bonchev–Trinajstić information content (AvgIpc) is 2.18. The maximum atomic E-state index is 11.0. The van der Waals surface area contributed by atoms with Gasteiger partial charge in [0.05, 0.1) is 5.92 Å². The number of hydrogen-bond donors (Lipinski definition) is 2. The molecule has 1 rings (SSSR count). The number of carboxylic acids is 1. The van der Waals surface area contributed by atoms with Crippen molar-refractivity contribution < 1.29 is 9.90 Å². The summed E-state index contributed by atoms with van der Waals surface area (Å²) in [6.07, 6.45) is 2.82. The lowest BCUT2D eigenvalue weighted by atomic mass is 9.82. The SMILES string of the molecule is CCC(C(=O)O)C(N)C1CCCN(C)C1. The molecular formula is C11H22N2O2. The van der Waals surface area contributed by atoms with E-state index < -0.39 is 5.97 Å². The molecule has 0 amide bonds. The van der Waals surface area contributed by atoms with E-state index in [1.54, 1.807) is 0 Å². The number of hydrogen-bond acceptors (Lipinski definition) is 3. The van der Waals surface area contributed by atoms with Crippen molar-refractivity contribution in [2.24, 2.45) is 17.6 Å². The lowest BCUT2D eigenvalue weighted by molar-refractivity contribution is -0.143. The van der Waals surface area contributed by atoms with Crippen LogP contribution in [0.5, 0.6) is 0 Å². The smallest absolute Gasteiger partial charge is 0.308 e. The number of carboxylic acid groups (broad SMARTS) is 1. The van der Waals surface area contributed by atoms with E-state index in [9.17, 15) is 4.79 Å².